The Hall–Kier alpha value is -3.78. The highest BCUT2D eigenvalue weighted by Gasteiger charge is 2.37. The van der Waals surface area contributed by atoms with Crippen molar-refractivity contribution < 1.29 is 33.3 Å². The number of pyridine rings is 1. The Labute approximate surface area is 228 Å². The SMILES string of the molecule is COc1ccnc(C(=O)C[C@@H](C)C(=O)O[C@@H](C)[C@H](Cc2ccc(F)cc2)C(C)(C)OCc2ccccc2)c1O. The van der Waals surface area contributed by atoms with Gasteiger partial charge in [-0.05, 0) is 50.5 Å². The molecular formula is C31H36FNO6. The molecule has 1 heterocycles. The number of ether oxygens (including phenoxy) is 3. The summed E-state index contributed by atoms with van der Waals surface area (Å²) in [4.78, 5) is 29.8. The third-order valence-electron chi connectivity index (χ3n) is 6.85. The van der Waals surface area contributed by atoms with Crippen LogP contribution in [0.15, 0.2) is 66.9 Å². The molecule has 0 fully saturated rings. The number of hydrogen-bond acceptors (Lipinski definition) is 7. The van der Waals surface area contributed by atoms with Gasteiger partial charge in [0.05, 0.1) is 25.2 Å². The molecule has 0 unspecified atom stereocenters. The number of esters is 1. The first kappa shape index (κ1) is 29.8. The first-order chi connectivity index (χ1) is 18.5. The lowest BCUT2D eigenvalue weighted by Crippen LogP contribution is -2.44. The Morgan fingerprint density at radius 3 is 2.31 bits per heavy atom. The molecule has 2 aromatic carbocycles. The third kappa shape index (κ3) is 8.10. The molecule has 8 heteroatoms. The monoisotopic (exact) mass is 537 g/mol. The van der Waals surface area contributed by atoms with Gasteiger partial charge in [-0.1, -0.05) is 49.4 Å². The van der Waals surface area contributed by atoms with E-state index in [4.69, 9.17) is 14.2 Å². The lowest BCUT2D eigenvalue weighted by Gasteiger charge is -2.38. The maximum Gasteiger partial charge on any atom is 0.309 e. The Morgan fingerprint density at radius 1 is 1.00 bits per heavy atom. The van der Waals surface area contributed by atoms with Crippen LogP contribution in [0.3, 0.4) is 0 Å². The number of carbonyl (C=O) groups is 2. The molecule has 0 saturated heterocycles. The molecule has 1 aromatic heterocycles. The maximum absolute atomic E-state index is 13.5. The van der Waals surface area contributed by atoms with Crippen molar-refractivity contribution in [1.29, 1.82) is 0 Å². The van der Waals surface area contributed by atoms with Gasteiger partial charge in [-0.2, -0.15) is 0 Å². The number of ketones is 1. The summed E-state index contributed by atoms with van der Waals surface area (Å²) in [7, 11) is 1.37. The van der Waals surface area contributed by atoms with Gasteiger partial charge in [0, 0.05) is 24.6 Å². The van der Waals surface area contributed by atoms with Gasteiger partial charge < -0.3 is 19.3 Å². The first-order valence-corrected chi connectivity index (χ1v) is 12.9. The van der Waals surface area contributed by atoms with Crippen molar-refractivity contribution in [2.75, 3.05) is 7.11 Å². The van der Waals surface area contributed by atoms with E-state index < -0.39 is 29.4 Å². The van der Waals surface area contributed by atoms with E-state index in [1.54, 1.807) is 26.0 Å². The molecule has 3 atom stereocenters. The van der Waals surface area contributed by atoms with Crippen LogP contribution in [0, 0.1) is 17.7 Å². The molecule has 39 heavy (non-hydrogen) atoms. The molecule has 0 spiro atoms. The third-order valence-corrected chi connectivity index (χ3v) is 6.85. The molecule has 0 aliphatic carbocycles. The zero-order valence-electron chi connectivity index (χ0n) is 23.0. The van der Waals surface area contributed by atoms with E-state index in [0.29, 0.717) is 13.0 Å². The van der Waals surface area contributed by atoms with E-state index in [9.17, 15) is 19.1 Å². The second-order valence-electron chi connectivity index (χ2n) is 10.2. The molecule has 3 rings (SSSR count). The van der Waals surface area contributed by atoms with E-state index in [1.807, 2.05) is 44.2 Å². The van der Waals surface area contributed by atoms with Gasteiger partial charge in [-0.25, -0.2) is 9.37 Å². The standard InChI is InChI=1S/C31H36FNO6/c1-20(17-26(34)28-29(35)27(37-5)15-16-33-28)30(36)39-21(2)25(18-22-11-13-24(32)14-12-22)31(3,4)38-19-23-9-7-6-8-10-23/h6-16,20-21,25,35H,17-19H2,1-5H3/t20-,21+,25+/m1/s1. The minimum atomic E-state index is -0.785. The van der Waals surface area contributed by atoms with E-state index in [0.717, 1.165) is 11.1 Å². The second kappa shape index (κ2) is 13.3. The summed E-state index contributed by atoms with van der Waals surface area (Å²) in [6.07, 6.45) is 1.05. The zero-order valence-corrected chi connectivity index (χ0v) is 23.0. The van der Waals surface area contributed by atoms with Crippen molar-refractivity contribution in [2.45, 2.75) is 58.8 Å². The lowest BCUT2D eigenvalue weighted by atomic mass is 9.81. The molecule has 0 bridgehead atoms. The quantitative estimate of drug-likeness (QED) is 0.213. The predicted octanol–water partition coefficient (Wildman–Crippen LogP) is 5.93. The molecule has 0 aliphatic rings. The fraction of sp³-hybridized carbons (Fsp3) is 0.387. The number of rotatable bonds is 13. The Bertz CT molecular complexity index is 1250. The maximum atomic E-state index is 13.5. The van der Waals surface area contributed by atoms with Crippen LogP contribution in [0.25, 0.3) is 0 Å². The number of benzene rings is 2. The van der Waals surface area contributed by atoms with Crippen LogP contribution in [0.1, 0.15) is 55.7 Å². The summed E-state index contributed by atoms with van der Waals surface area (Å²) >= 11 is 0. The average molecular weight is 538 g/mol. The van der Waals surface area contributed by atoms with E-state index in [1.165, 1.54) is 31.5 Å². The summed E-state index contributed by atoms with van der Waals surface area (Å²) < 4.78 is 30.8. The van der Waals surface area contributed by atoms with Gasteiger partial charge in [0.1, 0.15) is 11.9 Å². The summed E-state index contributed by atoms with van der Waals surface area (Å²) in [5.41, 5.74) is 1.01. The largest absolute Gasteiger partial charge is 0.503 e. The molecule has 0 radical (unpaired) electrons. The van der Waals surface area contributed by atoms with Gasteiger partial charge in [-0.15, -0.1) is 0 Å². The minimum absolute atomic E-state index is 0.124. The normalized spacial score (nSPS) is 13.8. The molecule has 1 N–H and O–H groups in total. The van der Waals surface area contributed by atoms with Gasteiger partial charge in [0.15, 0.2) is 23.0 Å². The fourth-order valence-electron chi connectivity index (χ4n) is 4.45. The number of methoxy groups -OCH3 is 1. The first-order valence-electron chi connectivity index (χ1n) is 12.9. The number of nitrogens with zero attached hydrogens (tertiary/aromatic N) is 1. The number of Topliss-reactive ketones (excluding diaryl/α,β-unsaturated/α-hetero) is 1. The van der Waals surface area contributed by atoms with Crippen LogP contribution in [0.4, 0.5) is 4.39 Å². The Balaban J connectivity index is 1.73. The highest BCUT2D eigenvalue weighted by molar-refractivity contribution is 5.99. The van der Waals surface area contributed by atoms with Crippen LogP contribution >= 0.6 is 0 Å². The molecule has 3 aromatic rings. The lowest BCUT2D eigenvalue weighted by molar-refractivity contribution is -0.164. The second-order valence-corrected chi connectivity index (χ2v) is 10.2. The van der Waals surface area contributed by atoms with Gasteiger partial charge in [0.2, 0.25) is 0 Å². The van der Waals surface area contributed by atoms with Crippen molar-refractivity contribution in [3.8, 4) is 11.5 Å². The van der Waals surface area contributed by atoms with Crippen LogP contribution in [-0.2, 0) is 27.3 Å². The predicted molar refractivity (Wildman–Crippen MR) is 145 cm³/mol. The number of aromatic nitrogens is 1. The molecular weight excluding hydrogens is 501 g/mol. The van der Waals surface area contributed by atoms with Gasteiger partial charge >= 0.3 is 5.97 Å². The summed E-state index contributed by atoms with van der Waals surface area (Å²) in [6.45, 7) is 7.65. The summed E-state index contributed by atoms with van der Waals surface area (Å²) in [5, 5.41) is 10.2. The van der Waals surface area contributed by atoms with Gasteiger partial charge in [0.25, 0.3) is 0 Å². The highest BCUT2D eigenvalue weighted by Crippen LogP contribution is 2.32. The van der Waals surface area contributed by atoms with Crippen molar-refractivity contribution in [3.63, 3.8) is 0 Å². The van der Waals surface area contributed by atoms with Crippen LogP contribution in [0.2, 0.25) is 0 Å². The van der Waals surface area contributed by atoms with E-state index in [2.05, 4.69) is 4.98 Å². The van der Waals surface area contributed by atoms with Gasteiger partial charge in [-0.3, -0.25) is 9.59 Å². The van der Waals surface area contributed by atoms with Crippen LogP contribution in [-0.4, -0.2) is 40.7 Å². The van der Waals surface area contributed by atoms with E-state index >= 15 is 0 Å². The molecule has 208 valence electrons. The highest BCUT2D eigenvalue weighted by atomic mass is 19.1. The zero-order chi connectivity index (χ0) is 28.6. The fourth-order valence-corrected chi connectivity index (χ4v) is 4.45. The van der Waals surface area contributed by atoms with Crippen LogP contribution < -0.4 is 4.74 Å². The number of aromatic hydroxyl groups is 1. The topological polar surface area (TPSA) is 95.0 Å². The number of carbonyl (C=O) groups excluding carboxylic acids is 2. The summed E-state index contributed by atoms with van der Waals surface area (Å²) in [6, 6.07) is 17.4. The van der Waals surface area contributed by atoms with Crippen molar-refractivity contribution in [3.05, 3.63) is 89.5 Å². The van der Waals surface area contributed by atoms with Crippen LogP contribution in [0.5, 0.6) is 11.5 Å². The van der Waals surface area contributed by atoms with Crippen molar-refractivity contribution in [1.82, 2.24) is 4.98 Å². The molecule has 0 amide bonds. The number of halogens is 1. The van der Waals surface area contributed by atoms with Crippen molar-refractivity contribution >= 4 is 11.8 Å². The minimum Gasteiger partial charge on any atom is -0.503 e. The average Bonchev–Trinajstić information content (AvgIpc) is 2.92. The number of hydrogen-bond donors (Lipinski definition) is 1. The Morgan fingerprint density at radius 2 is 1.67 bits per heavy atom. The Kier molecular flexibility index (Phi) is 10.2. The molecule has 0 saturated carbocycles. The molecule has 7 nitrogen and oxygen atoms in total. The van der Waals surface area contributed by atoms with Crippen molar-refractivity contribution in [2.24, 2.45) is 11.8 Å². The molecule has 0 aliphatic heterocycles. The summed E-state index contributed by atoms with van der Waals surface area (Å²) in [5.74, 6) is -2.70. The smallest absolute Gasteiger partial charge is 0.309 e. The van der Waals surface area contributed by atoms with E-state index in [-0.39, 0.29) is 35.3 Å².